The Balaban J connectivity index is 1.90. The van der Waals surface area contributed by atoms with Crippen LogP contribution in [0.3, 0.4) is 0 Å². The van der Waals surface area contributed by atoms with E-state index in [4.69, 9.17) is 16.3 Å². The molecule has 0 amide bonds. The van der Waals surface area contributed by atoms with E-state index in [1.54, 1.807) is 6.92 Å². The Morgan fingerprint density at radius 2 is 2.03 bits per heavy atom. The van der Waals surface area contributed by atoms with Crippen molar-refractivity contribution in [1.82, 2.24) is 4.98 Å². The van der Waals surface area contributed by atoms with E-state index in [-0.39, 0.29) is 40.5 Å². The Morgan fingerprint density at radius 3 is 2.60 bits per heavy atom. The number of ether oxygens (including phenoxy) is 2. The number of aromatic nitrogens is 1. The summed E-state index contributed by atoms with van der Waals surface area (Å²) in [6.07, 6.45) is 2.61. The van der Waals surface area contributed by atoms with Crippen molar-refractivity contribution in [2.75, 3.05) is 6.61 Å². The molecular formula is C21H21ClF3NO4. The molecule has 0 bridgehead atoms. The number of hydrogen-bond acceptors (Lipinski definition) is 5. The van der Waals surface area contributed by atoms with E-state index in [1.807, 2.05) is 0 Å². The molecule has 1 heterocycles. The summed E-state index contributed by atoms with van der Waals surface area (Å²) in [7, 11) is 0. The van der Waals surface area contributed by atoms with Crippen molar-refractivity contribution < 1.29 is 32.5 Å². The standard InChI is InChI=1S/C21H21ClF3NO4/c1-2-29-20(28)14(9-11-7-13(27)8-11)16-5-3-12(10-26-16)18-17(30-21(24)25)6-4-15(22)19(18)23/h3-6,10-11,13-14,21,27H,2,7-9H2,1H3. The predicted molar refractivity (Wildman–Crippen MR) is 104 cm³/mol. The molecule has 5 nitrogen and oxygen atoms in total. The van der Waals surface area contributed by atoms with Crippen LogP contribution in [-0.4, -0.2) is 35.4 Å². The molecule has 2 aromatic rings. The average molecular weight is 444 g/mol. The lowest BCUT2D eigenvalue weighted by Crippen LogP contribution is -2.31. The number of halogens is 4. The monoisotopic (exact) mass is 443 g/mol. The molecule has 0 radical (unpaired) electrons. The van der Waals surface area contributed by atoms with E-state index in [1.165, 1.54) is 18.3 Å². The summed E-state index contributed by atoms with van der Waals surface area (Å²) in [5, 5.41) is 9.25. The number of aliphatic hydroxyl groups excluding tert-OH is 1. The number of benzene rings is 1. The smallest absolute Gasteiger partial charge is 0.387 e. The molecule has 1 atom stereocenters. The van der Waals surface area contributed by atoms with E-state index in [9.17, 15) is 23.1 Å². The largest absolute Gasteiger partial charge is 0.465 e. The van der Waals surface area contributed by atoms with Gasteiger partial charge in [0.15, 0.2) is 5.82 Å². The minimum absolute atomic E-state index is 0.173. The quantitative estimate of drug-likeness (QED) is 0.585. The maximum Gasteiger partial charge on any atom is 0.387 e. The first-order chi connectivity index (χ1) is 14.3. The lowest BCUT2D eigenvalue weighted by molar-refractivity contribution is -0.146. The minimum Gasteiger partial charge on any atom is -0.465 e. The molecule has 1 aliphatic carbocycles. The molecular weight excluding hydrogens is 423 g/mol. The van der Waals surface area contributed by atoms with Crippen molar-refractivity contribution in [2.45, 2.75) is 44.8 Å². The first kappa shape index (κ1) is 22.4. The van der Waals surface area contributed by atoms with Gasteiger partial charge in [-0.05, 0) is 50.3 Å². The molecule has 0 aliphatic heterocycles. The second kappa shape index (κ2) is 9.66. The fourth-order valence-corrected chi connectivity index (χ4v) is 3.72. The van der Waals surface area contributed by atoms with Crippen LogP contribution in [0, 0.1) is 11.7 Å². The molecule has 162 valence electrons. The van der Waals surface area contributed by atoms with Crippen molar-refractivity contribution in [3.63, 3.8) is 0 Å². The summed E-state index contributed by atoms with van der Waals surface area (Å²) in [5.41, 5.74) is 0.352. The third-order valence-corrected chi connectivity index (χ3v) is 5.35. The molecule has 0 spiro atoms. The zero-order chi connectivity index (χ0) is 21.8. The Morgan fingerprint density at radius 1 is 1.30 bits per heavy atom. The number of nitrogens with zero attached hydrogens (tertiary/aromatic N) is 1. The summed E-state index contributed by atoms with van der Waals surface area (Å²) < 4.78 is 49.5. The zero-order valence-electron chi connectivity index (χ0n) is 16.2. The molecule has 0 saturated heterocycles. The van der Waals surface area contributed by atoms with Crippen LogP contribution in [0.15, 0.2) is 30.5 Å². The molecule has 1 aromatic carbocycles. The van der Waals surface area contributed by atoms with E-state index >= 15 is 0 Å². The normalized spacial score (nSPS) is 19.3. The number of carbonyl (C=O) groups excluding carboxylic acids is 1. The highest BCUT2D eigenvalue weighted by Gasteiger charge is 2.34. The summed E-state index contributed by atoms with van der Waals surface area (Å²) >= 11 is 5.80. The van der Waals surface area contributed by atoms with Gasteiger partial charge in [0.05, 0.1) is 34.9 Å². The zero-order valence-corrected chi connectivity index (χ0v) is 16.9. The van der Waals surface area contributed by atoms with E-state index in [0.29, 0.717) is 25.0 Å². The first-order valence-corrected chi connectivity index (χ1v) is 9.91. The van der Waals surface area contributed by atoms with E-state index < -0.39 is 24.3 Å². The number of esters is 1. The van der Waals surface area contributed by atoms with Gasteiger partial charge in [0.1, 0.15) is 5.75 Å². The predicted octanol–water partition coefficient (Wildman–Crippen LogP) is 4.95. The first-order valence-electron chi connectivity index (χ1n) is 9.54. The van der Waals surface area contributed by atoms with Gasteiger partial charge in [-0.25, -0.2) is 4.39 Å². The van der Waals surface area contributed by atoms with Crippen molar-refractivity contribution in [3.8, 4) is 16.9 Å². The fourth-order valence-electron chi connectivity index (χ4n) is 3.56. The highest BCUT2D eigenvalue weighted by Crippen LogP contribution is 2.39. The van der Waals surface area contributed by atoms with E-state index in [2.05, 4.69) is 9.72 Å². The van der Waals surface area contributed by atoms with Crippen LogP contribution in [-0.2, 0) is 9.53 Å². The van der Waals surface area contributed by atoms with Crippen LogP contribution in [0.1, 0.15) is 37.8 Å². The molecule has 3 rings (SSSR count). The molecule has 1 aromatic heterocycles. The van der Waals surface area contributed by atoms with Crippen LogP contribution in [0.5, 0.6) is 5.75 Å². The Bertz CT molecular complexity index is 889. The van der Waals surface area contributed by atoms with Crippen molar-refractivity contribution in [1.29, 1.82) is 0 Å². The minimum atomic E-state index is -3.14. The molecule has 1 saturated carbocycles. The lowest BCUT2D eigenvalue weighted by atomic mass is 9.76. The van der Waals surface area contributed by atoms with Gasteiger partial charge in [-0.1, -0.05) is 17.7 Å². The van der Waals surface area contributed by atoms with Gasteiger partial charge in [0, 0.05) is 11.8 Å². The van der Waals surface area contributed by atoms with Gasteiger partial charge in [0.25, 0.3) is 0 Å². The van der Waals surface area contributed by atoms with E-state index in [0.717, 1.165) is 12.1 Å². The highest BCUT2D eigenvalue weighted by atomic mass is 35.5. The highest BCUT2D eigenvalue weighted by molar-refractivity contribution is 6.31. The molecule has 1 fully saturated rings. The Hall–Kier alpha value is -2.32. The number of hydrogen-bond donors (Lipinski definition) is 1. The summed E-state index contributed by atoms with van der Waals surface area (Å²) in [4.78, 5) is 16.7. The third kappa shape index (κ3) is 5.05. The average Bonchev–Trinajstić information content (AvgIpc) is 2.67. The second-order valence-electron chi connectivity index (χ2n) is 7.12. The number of carbonyl (C=O) groups is 1. The second-order valence-corrected chi connectivity index (χ2v) is 7.52. The SMILES string of the molecule is CCOC(=O)C(CC1CC(O)C1)c1ccc(-c2c(OC(F)F)ccc(Cl)c2F)cn1. The van der Waals surface area contributed by atoms with Gasteiger partial charge in [-0.3, -0.25) is 9.78 Å². The van der Waals surface area contributed by atoms with Gasteiger partial charge in [-0.2, -0.15) is 8.78 Å². The van der Waals surface area contributed by atoms with Gasteiger partial charge in [-0.15, -0.1) is 0 Å². The van der Waals surface area contributed by atoms with Crippen LogP contribution in [0.2, 0.25) is 5.02 Å². The number of alkyl halides is 2. The lowest BCUT2D eigenvalue weighted by Gasteiger charge is -2.33. The van der Waals surface area contributed by atoms with Crippen molar-refractivity contribution in [3.05, 3.63) is 47.0 Å². The Labute approximate surface area is 176 Å². The van der Waals surface area contributed by atoms with Crippen LogP contribution in [0.25, 0.3) is 11.1 Å². The summed E-state index contributed by atoms with van der Waals surface area (Å²) in [5.74, 6) is -2.18. The maximum absolute atomic E-state index is 14.6. The molecule has 30 heavy (non-hydrogen) atoms. The molecule has 1 N–H and O–H groups in total. The number of pyridine rings is 1. The third-order valence-electron chi connectivity index (χ3n) is 5.06. The maximum atomic E-state index is 14.6. The summed E-state index contributed by atoms with van der Waals surface area (Å²) in [6, 6.07) is 5.28. The number of rotatable bonds is 8. The topological polar surface area (TPSA) is 68.7 Å². The molecule has 1 aliphatic rings. The number of aliphatic hydroxyl groups is 1. The summed E-state index contributed by atoms with van der Waals surface area (Å²) in [6.45, 7) is -1.23. The molecule has 1 unspecified atom stereocenters. The van der Waals surface area contributed by atoms with Crippen LogP contribution < -0.4 is 4.74 Å². The van der Waals surface area contributed by atoms with Gasteiger partial charge in [0.2, 0.25) is 0 Å². The van der Waals surface area contributed by atoms with Crippen molar-refractivity contribution >= 4 is 17.6 Å². The van der Waals surface area contributed by atoms with Gasteiger partial charge >= 0.3 is 12.6 Å². The van der Waals surface area contributed by atoms with Crippen molar-refractivity contribution in [2.24, 2.45) is 5.92 Å². The van der Waals surface area contributed by atoms with Crippen LogP contribution >= 0.6 is 11.6 Å². The fraction of sp³-hybridized carbons (Fsp3) is 0.429. The van der Waals surface area contributed by atoms with Crippen LogP contribution in [0.4, 0.5) is 13.2 Å². The molecule has 9 heteroatoms. The Kier molecular flexibility index (Phi) is 7.20. The van der Waals surface area contributed by atoms with Gasteiger partial charge < -0.3 is 14.6 Å².